The highest BCUT2D eigenvalue weighted by molar-refractivity contribution is 7.19. The summed E-state index contributed by atoms with van der Waals surface area (Å²) in [5, 5.41) is 3.80. The smallest absolute Gasteiger partial charge is 0.178 e. The fourth-order valence-corrected chi connectivity index (χ4v) is 2.69. The van der Waals surface area contributed by atoms with Crippen LogP contribution < -0.4 is 16.0 Å². The number of thiazole rings is 1. The number of nitrogens with two attached hydrogens (primary N) is 1. The van der Waals surface area contributed by atoms with Crippen LogP contribution in [0, 0.1) is 0 Å². The zero-order valence-electron chi connectivity index (χ0n) is 10.8. The average molecular weight is 279 g/mol. The van der Waals surface area contributed by atoms with Crippen molar-refractivity contribution in [2.45, 2.75) is 0 Å². The van der Waals surface area contributed by atoms with Crippen LogP contribution in [0.5, 0.6) is 0 Å². The Labute approximate surface area is 115 Å². The molecular weight excluding hydrogens is 262 g/mol. The molecule has 6 nitrogen and oxygen atoms in total. The minimum atomic E-state index is 0.491. The summed E-state index contributed by atoms with van der Waals surface area (Å²) in [5.74, 6) is 0.972. The van der Waals surface area contributed by atoms with Gasteiger partial charge >= 0.3 is 0 Å². The van der Waals surface area contributed by atoms with E-state index in [-0.39, 0.29) is 0 Å². The lowest BCUT2D eigenvalue weighted by Gasteiger charge is -2.28. The Balaban J connectivity index is 0.000000637. The molecule has 3 N–H and O–H groups in total. The van der Waals surface area contributed by atoms with Crippen molar-refractivity contribution in [3.05, 3.63) is 17.1 Å². The molecule has 0 aliphatic carbocycles. The number of hydrogen-bond acceptors (Lipinski definition) is 7. The molecule has 1 aliphatic rings. The largest absolute Gasteiger partial charge is 0.354 e. The molecule has 0 atom stereocenters. The fourth-order valence-electron chi connectivity index (χ4n) is 1.94. The second-order valence-corrected chi connectivity index (χ2v) is 4.91. The maximum atomic E-state index is 10.7. The van der Waals surface area contributed by atoms with E-state index >= 15 is 0 Å². The number of rotatable bonds is 2. The lowest BCUT2D eigenvalue weighted by molar-refractivity contribution is 0.112. The molecule has 1 saturated heterocycles. The molecule has 1 aliphatic heterocycles. The summed E-state index contributed by atoms with van der Waals surface area (Å²) in [6.45, 7) is 3.92. The summed E-state index contributed by atoms with van der Waals surface area (Å²) in [5.41, 5.74) is 5.30. The van der Waals surface area contributed by atoms with E-state index in [4.69, 9.17) is 0 Å². The summed E-state index contributed by atoms with van der Waals surface area (Å²) in [6, 6.07) is 3.91. The summed E-state index contributed by atoms with van der Waals surface area (Å²) >= 11 is 1.34. The van der Waals surface area contributed by atoms with Gasteiger partial charge in [0.15, 0.2) is 11.3 Å². The Morgan fingerprint density at radius 3 is 2.74 bits per heavy atom. The maximum absolute atomic E-state index is 10.7. The van der Waals surface area contributed by atoms with Crippen molar-refractivity contribution in [2.75, 3.05) is 38.1 Å². The number of carbonyl (C=O) groups is 1. The van der Waals surface area contributed by atoms with Crippen molar-refractivity contribution in [1.29, 1.82) is 0 Å². The molecule has 0 amide bonds. The first-order valence-corrected chi connectivity index (χ1v) is 6.94. The molecule has 3 rings (SSSR count). The molecule has 102 valence electrons. The topological polar surface area (TPSA) is 84.1 Å². The Bertz CT molecular complexity index is 550. The van der Waals surface area contributed by atoms with Crippen LogP contribution in [0.25, 0.3) is 10.3 Å². The number of piperazine rings is 1. The van der Waals surface area contributed by atoms with Gasteiger partial charge in [-0.15, -0.1) is 0 Å². The van der Waals surface area contributed by atoms with E-state index in [1.54, 1.807) is 0 Å². The predicted octanol–water partition coefficient (Wildman–Crippen LogP) is 0.488. The standard InChI is InChI=1S/C11H12N4OS.CH5N/c16-7-10-13-8-1-2-9(14-11(8)17-10)15-5-3-12-4-6-15;1-2/h1-2,7,12H,3-6H2;2H2,1H3. The van der Waals surface area contributed by atoms with Gasteiger partial charge in [-0.3, -0.25) is 4.79 Å². The van der Waals surface area contributed by atoms with Crippen molar-refractivity contribution in [2.24, 2.45) is 5.73 Å². The molecule has 0 saturated carbocycles. The molecule has 7 heteroatoms. The lowest BCUT2D eigenvalue weighted by Crippen LogP contribution is -2.43. The fraction of sp³-hybridized carbons (Fsp3) is 0.417. The summed E-state index contributed by atoms with van der Waals surface area (Å²) in [4.78, 5) is 22.5. The first kappa shape index (κ1) is 13.9. The molecule has 2 aromatic rings. The van der Waals surface area contributed by atoms with E-state index in [0.717, 1.165) is 48.6 Å². The van der Waals surface area contributed by atoms with Crippen LogP contribution in [0.15, 0.2) is 12.1 Å². The van der Waals surface area contributed by atoms with E-state index in [9.17, 15) is 4.79 Å². The average Bonchev–Trinajstić information content (AvgIpc) is 2.92. The predicted molar refractivity (Wildman–Crippen MR) is 78.0 cm³/mol. The van der Waals surface area contributed by atoms with Gasteiger partial charge in [0.05, 0.1) is 0 Å². The number of anilines is 1. The van der Waals surface area contributed by atoms with Crippen LogP contribution in [0.1, 0.15) is 9.80 Å². The lowest BCUT2D eigenvalue weighted by atomic mass is 10.3. The third kappa shape index (κ3) is 3.06. The number of nitrogens with zero attached hydrogens (tertiary/aromatic N) is 3. The van der Waals surface area contributed by atoms with Gasteiger partial charge in [-0.25, -0.2) is 9.97 Å². The number of nitrogens with one attached hydrogen (secondary N) is 1. The van der Waals surface area contributed by atoms with Crippen LogP contribution in [-0.2, 0) is 0 Å². The molecule has 0 spiro atoms. The quantitative estimate of drug-likeness (QED) is 0.778. The number of aromatic nitrogens is 2. The van der Waals surface area contributed by atoms with Gasteiger partial charge in [0.25, 0.3) is 0 Å². The third-order valence-corrected chi connectivity index (χ3v) is 3.69. The van der Waals surface area contributed by atoms with Gasteiger partial charge < -0.3 is 16.0 Å². The Morgan fingerprint density at radius 1 is 1.32 bits per heavy atom. The first-order chi connectivity index (χ1) is 9.36. The Morgan fingerprint density at radius 2 is 2.05 bits per heavy atom. The van der Waals surface area contributed by atoms with Gasteiger partial charge in [-0.1, -0.05) is 11.3 Å². The van der Waals surface area contributed by atoms with Gasteiger partial charge in [-0.05, 0) is 19.2 Å². The minimum Gasteiger partial charge on any atom is -0.354 e. The van der Waals surface area contributed by atoms with Gasteiger partial charge in [0, 0.05) is 26.2 Å². The van der Waals surface area contributed by atoms with Crippen molar-refractivity contribution in [1.82, 2.24) is 15.3 Å². The van der Waals surface area contributed by atoms with E-state index in [1.807, 2.05) is 12.1 Å². The van der Waals surface area contributed by atoms with Crippen LogP contribution in [0.2, 0.25) is 0 Å². The highest BCUT2D eigenvalue weighted by atomic mass is 32.1. The van der Waals surface area contributed by atoms with Gasteiger partial charge in [0.1, 0.15) is 16.2 Å². The second kappa shape index (κ2) is 6.55. The van der Waals surface area contributed by atoms with Crippen LogP contribution in [0.4, 0.5) is 5.82 Å². The van der Waals surface area contributed by atoms with E-state index in [0.29, 0.717) is 5.01 Å². The summed E-state index contributed by atoms with van der Waals surface area (Å²) in [6.07, 6.45) is 0.775. The summed E-state index contributed by atoms with van der Waals surface area (Å²) < 4.78 is 0. The number of carbonyl (C=O) groups excluding carboxylic acids is 1. The van der Waals surface area contributed by atoms with E-state index in [2.05, 4.69) is 25.9 Å². The van der Waals surface area contributed by atoms with Crippen LogP contribution in [0.3, 0.4) is 0 Å². The summed E-state index contributed by atoms with van der Waals surface area (Å²) in [7, 11) is 1.50. The monoisotopic (exact) mass is 279 g/mol. The van der Waals surface area contributed by atoms with Crippen molar-refractivity contribution >= 4 is 33.8 Å². The Kier molecular flexibility index (Phi) is 4.78. The molecule has 3 heterocycles. The highest BCUT2D eigenvalue weighted by Gasteiger charge is 2.13. The first-order valence-electron chi connectivity index (χ1n) is 6.13. The number of aldehydes is 1. The zero-order chi connectivity index (χ0) is 13.7. The molecular formula is C12H17N5OS. The third-order valence-electron chi connectivity index (χ3n) is 2.80. The van der Waals surface area contributed by atoms with Gasteiger partial charge in [-0.2, -0.15) is 0 Å². The van der Waals surface area contributed by atoms with Crippen LogP contribution >= 0.6 is 11.3 Å². The molecule has 0 radical (unpaired) electrons. The van der Waals surface area contributed by atoms with E-state index < -0.39 is 0 Å². The number of hydrogen-bond donors (Lipinski definition) is 2. The van der Waals surface area contributed by atoms with Crippen molar-refractivity contribution in [3.8, 4) is 0 Å². The Hall–Kier alpha value is -1.57. The number of pyridine rings is 1. The highest BCUT2D eigenvalue weighted by Crippen LogP contribution is 2.22. The van der Waals surface area contributed by atoms with Crippen molar-refractivity contribution < 1.29 is 4.79 Å². The van der Waals surface area contributed by atoms with Gasteiger partial charge in [0.2, 0.25) is 0 Å². The second-order valence-electron chi connectivity index (χ2n) is 3.90. The zero-order valence-corrected chi connectivity index (χ0v) is 11.6. The van der Waals surface area contributed by atoms with Crippen LogP contribution in [-0.4, -0.2) is 49.5 Å². The molecule has 0 bridgehead atoms. The maximum Gasteiger partial charge on any atom is 0.178 e. The molecule has 1 fully saturated rings. The molecule has 2 aromatic heterocycles. The minimum absolute atomic E-state index is 0.491. The van der Waals surface area contributed by atoms with Crippen molar-refractivity contribution in [3.63, 3.8) is 0 Å². The number of fused-ring (bicyclic) bond motifs is 1. The normalized spacial score (nSPS) is 14.9. The van der Waals surface area contributed by atoms with E-state index in [1.165, 1.54) is 18.4 Å². The SMILES string of the molecule is CN.O=Cc1nc2ccc(N3CCNCC3)nc2s1. The molecule has 0 unspecified atom stereocenters. The molecule has 19 heavy (non-hydrogen) atoms. The molecule has 0 aromatic carbocycles.